The zero-order valence-corrected chi connectivity index (χ0v) is 13.4. The summed E-state index contributed by atoms with van der Waals surface area (Å²) in [4.78, 5) is 11.7. The van der Waals surface area contributed by atoms with Crippen molar-refractivity contribution in [1.29, 1.82) is 0 Å². The number of nitrogens with one attached hydrogen (secondary N) is 1. The van der Waals surface area contributed by atoms with E-state index in [0.717, 1.165) is 4.47 Å². The highest BCUT2D eigenvalue weighted by Crippen LogP contribution is 2.25. The molecule has 0 aromatic heterocycles. The highest BCUT2D eigenvalue weighted by atomic mass is 79.9. The van der Waals surface area contributed by atoms with Gasteiger partial charge >= 0.3 is 0 Å². The number of carbonyl (C=O) groups is 1. The summed E-state index contributed by atoms with van der Waals surface area (Å²) in [7, 11) is 0. The molecule has 0 saturated carbocycles. The Hall–Kier alpha value is -1.40. The van der Waals surface area contributed by atoms with Crippen LogP contribution in [0.25, 0.3) is 0 Å². The van der Waals surface area contributed by atoms with Crippen molar-refractivity contribution < 1.29 is 13.9 Å². The molecule has 0 atom stereocenters. The van der Waals surface area contributed by atoms with Crippen molar-refractivity contribution >= 4 is 43.5 Å². The summed E-state index contributed by atoms with van der Waals surface area (Å²) in [6, 6.07) is 11.2. The maximum atomic E-state index is 13.1. The Balaban J connectivity index is 1.92. The molecule has 0 aliphatic rings. The van der Waals surface area contributed by atoms with Crippen molar-refractivity contribution in [2.24, 2.45) is 0 Å². The molecule has 2 aromatic carbocycles. The second-order valence-corrected chi connectivity index (χ2v) is 5.69. The molecular formula is C14H10Br2FNO2. The van der Waals surface area contributed by atoms with Crippen molar-refractivity contribution in [3.05, 3.63) is 57.2 Å². The van der Waals surface area contributed by atoms with Crippen LogP contribution < -0.4 is 10.1 Å². The van der Waals surface area contributed by atoms with Crippen molar-refractivity contribution in [3.8, 4) is 5.75 Å². The molecule has 0 unspecified atom stereocenters. The quantitative estimate of drug-likeness (QED) is 0.824. The molecular weight excluding hydrogens is 393 g/mol. The third-order valence-electron chi connectivity index (χ3n) is 2.38. The molecule has 20 heavy (non-hydrogen) atoms. The molecule has 0 heterocycles. The van der Waals surface area contributed by atoms with Crippen LogP contribution in [0.4, 0.5) is 10.1 Å². The minimum Gasteiger partial charge on any atom is -0.482 e. The molecule has 0 bridgehead atoms. The average molecular weight is 403 g/mol. The van der Waals surface area contributed by atoms with Crippen LogP contribution in [0.2, 0.25) is 0 Å². The molecule has 0 spiro atoms. The second-order valence-electron chi connectivity index (χ2n) is 3.92. The van der Waals surface area contributed by atoms with Gasteiger partial charge in [0.2, 0.25) is 0 Å². The van der Waals surface area contributed by atoms with E-state index in [1.54, 1.807) is 12.1 Å². The van der Waals surface area contributed by atoms with E-state index >= 15 is 0 Å². The minimum absolute atomic E-state index is 0.196. The molecule has 6 heteroatoms. The third kappa shape index (κ3) is 4.31. The lowest BCUT2D eigenvalue weighted by molar-refractivity contribution is -0.118. The highest BCUT2D eigenvalue weighted by molar-refractivity contribution is 9.10. The van der Waals surface area contributed by atoms with E-state index in [1.165, 1.54) is 18.2 Å². The van der Waals surface area contributed by atoms with Crippen LogP contribution in [-0.4, -0.2) is 12.5 Å². The zero-order chi connectivity index (χ0) is 14.5. The molecule has 0 saturated heterocycles. The largest absolute Gasteiger partial charge is 0.482 e. The van der Waals surface area contributed by atoms with Gasteiger partial charge in [-0.3, -0.25) is 4.79 Å². The molecule has 1 N–H and O–H groups in total. The number of carbonyl (C=O) groups excluding carboxylic acids is 1. The van der Waals surface area contributed by atoms with E-state index < -0.39 is 5.82 Å². The lowest BCUT2D eigenvalue weighted by Crippen LogP contribution is -2.20. The number of ether oxygens (including phenoxy) is 1. The fraction of sp³-hybridized carbons (Fsp3) is 0.0714. The molecule has 104 valence electrons. The van der Waals surface area contributed by atoms with Crippen LogP contribution in [0, 0.1) is 5.82 Å². The van der Waals surface area contributed by atoms with Crippen molar-refractivity contribution in [3.63, 3.8) is 0 Å². The lowest BCUT2D eigenvalue weighted by atomic mass is 10.3. The summed E-state index contributed by atoms with van der Waals surface area (Å²) in [6.07, 6.45) is 0. The van der Waals surface area contributed by atoms with E-state index in [0.29, 0.717) is 10.2 Å². The smallest absolute Gasteiger partial charge is 0.262 e. The Bertz CT molecular complexity index is 617. The third-order valence-corrected chi connectivity index (χ3v) is 3.56. The summed E-state index contributed by atoms with van der Waals surface area (Å²) in [5, 5.41) is 2.68. The number of hydrogen-bond donors (Lipinski definition) is 1. The first-order valence-electron chi connectivity index (χ1n) is 5.68. The molecule has 0 fully saturated rings. The van der Waals surface area contributed by atoms with Gasteiger partial charge in [0.25, 0.3) is 5.91 Å². The summed E-state index contributed by atoms with van der Waals surface area (Å²) < 4.78 is 19.8. The summed E-state index contributed by atoms with van der Waals surface area (Å²) in [5.41, 5.74) is 0.667. The number of anilines is 1. The molecule has 0 aliphatic carbocycles. The van der Waals surface area contributed by atoms with E-state index in [-0.39, 0.29) is 18.3 Å². The first kappa shape index (κ1) is 15.0. The maximum absolute atomic E-state index is 13.1. The number of rotatable bonds is 4. The van der Waals surface area contributed by atoms with Crippen LogP contribution in [0.3, 0.4) is 0 Å². The first-order chi connectivity index (χ1) is 9.54. The van der Waals surface area contributed by atoms with Crippen molar-refractivity contribution in [1.82, 2.24) is 0 Å². The van der Waals surface area contributed by atoms with Crippen molar-refractivity contribution in [2.75, 3.05) is 11.9 Å². The first-order valence-corrected chi connectivity index (χ1v) is 7.26. The number of halogens is 3. The highest BCUT2D eigenvalue weighted by Gasteiger charge is 2.07. The Labute approximate surface area is 132 Å². The van der Waals surface area contributed by atoms with Crippen molar-refractivity contribution in [2.45, 2.75) is 0 Å². The van der Waals surface area contributed by atoms with Crippen LogP contribution in [0.1, 0.15) is 0 Å². The fourth-order valence-electron chi connectivity index (χ4n) is 1.46. The maximum Gasteiger partial charge on any atom is 0.262 e. The molecule has 0 radical (unpaired) electrons. The van der Waals surface area contributed by atoms with E-state index in [9.17, 15) is 9.18 Å². The Morgan fingerprint density at radius 2 is 1.85 bits per heavy atom. The lowest BCUT2D eigenvalue weighted by Gasteiger charge is -2.09. The van der Waals surface area contributed by atoms with Crippen LogP contribution in [-0.2, 0) is 4.79 Å². The Morgan fingerprint density at radius 1 is 1.15 bits per heavy atom. The summed E-state index contributed by atoms with van der Waals surface area (Å²) in [5.74, 6) is -0.448. The predicted octanol–water partition coefficient (Wildman–Crippen LogP) is 4.37. The normalized spacial score (nSPS) is 10.2. The number of amides is 1. The SMILES string of the molecule is O=C(COc1cc(F)ccc1Br)Nc1ccc(Br)cc1. The van der Waals surface area contributed by atoms with E-state index in [2.05, 4.69) is 37.2 Å². The average Bonchev–Trinajstić information content (AvgIpc) is 2.42. The molecule has 2 rings (SSSR count). The summed E-state index contributed by atoms with van der Waals surface area (Å²) >= 11 is 6.54. The molecule has 1 amide bonds. The number of benzene rings is 2. The van der Waals surface area contributed by atoms with Gasteiger partial charge in [-0.1, -0.05) is 15.9 Å². The van der Waals surface area contributed by atoms with Gasteiger partial charge in [-0.15, -0.1) is 0 Å². The molecule has 3 nitrogen and oxygen atoms in total. The van der Waals surface area contributed by atoms with Gasteiger partial charge in [-0.2, -0.15) is 0 Å². The fourth-order valence-corrected chi connectivity index (χ4v) is 2.09. The number of hydrogen-bond acceptors (Lipinski definition) is 2. The minimum atomic E-state index is -0.420. The molecule has 2 aromatic rings. The van der Waals surface area contributed by atoms with E-state index in [1.807, 2.05) is 12.1 Å². The van der Waals surface area contributed by atoms with Crippen LogP contribution in [0.5, 0.6) is 5.75 Å². The second kappa shape index (κ2) is 6.85. The van der Waals surface area contributed by atoms with Gasteiger partial charge in [0.05, 0.1) is 4.47 Å². The van der Waals surface area contributed by atoms with Crippen LogP contribution >= 0.6 is 31.9 Å². The van der Waals surface area contributed by atoms with Gasteiger partial charge in [0, 0.05) is 16.2 Å². The van der Waals surface area contributed by atoms with Crippen LogP contribution in [0.15, 0.2) is 51.4 Å². The van der Waals surface area contributed by atoms with E-state index in [4.69, 9.17) is 4.74 Å². The monoisotopic (exact) mass is 401 g/mol. The van der Waals surface area contributed by atoms with Gasteiger partial charge in [0.1, 0.15) is 11.6 Å². The van der Waals surface area contributed by atoms with Gasteiger partial charge in [-0.25, -0.2) is 4.39 Å². The van der Waals surface area contributed by atoms with Gasteiger partial charge < -0.3 is 10.1 Å². The summed E-state index contributed by atoms with van der Waals surface area (Å²) in [6.45, 7) is -0.196. The molecule has 0 aliphatic heterocycles. The van der Waals surface area contributed by atoms with Gasteiger partial charge in [-0.05, 0) is 52.3 Å². The predicted molar refractivity (Wildman–Crippen MR) is 82.4 cm³/mol. The zero-order valence-electron chi connectivity index (χ0n) is 10.2. The van der Waals surface area contributed by atoms with Gasteiger partial charge in [0.15, 0.2) is 6.61 Å². The standard InChI is InChI=1S/C14H10Br2FNO2/c15-9-1-4-11(5-2-9)18-14(19)8-20-13-7-10(17)3-6-12(13)16/h1-7H,8H2,(H,18,19). The Kier molecular flexibility index (Phi) is 5.14. The Morgan fingerprint density at radius 3 is 2.55 bits per heavy atom. The topological polar surface area (TPSA) is 38.3 Å².